The maximum absolute atomic E-state index is 12.4. The first-order valence-corrected chi connectivity index (χ1v) is 9.49. The lowest BCUT2D eigenvalue weighted by Gasteiger charge is -2.36. The Hall–Kier alpha value is -2.84. The number of piperazine rings is 1. The van der Waals surface area contributed by atoms with E-state index in [1.54, 1.807) is 0 Å². The fourth-order valence-corrected chi connectivity index (χ4v) is 3.50. The molecule has 0 spiro atoms. The largest absolute Gasteiger partial charge is 0.395 e. The van der Waals surface area contributed by atoms with Crippen LogP contribution in [0.1, 0.15) is 11.4 Å². The predicted molar refractivity (Wildman–Crippen MR) is 107 cm³/mol. The predicted octanol–water partition coefficient (Wildman–Crippen LogP) is 0.809. The number of aliphatic hydroxyl groups is 1. The van der Waals surface area contributed by atoms with E-state index in [-0.39, 0.29) is 18.7 Å². The van der Waals surface area contributed by atoms with Gasteiger partial charge in [0.1, 0.15) is 0 Å². The number of rotatable bonds is 5. The molecular formula is C20H24N6O2. The maximum Gasteiger partial charge on any atom is 0.261 e. The van der Waals surface area contributed by atoms with Gasteiger partial charge in [-0.1, -0.05) is 0 Å². The molecule has 0 bridgehead atoms. The van der Waals surface area contributed by atoms with Crippen molar-refractivity contribution in [1.29, 1.82) is 0 Å². The summed E-state index contributed by atoms with van der Waals surface area (Å²) in [6, 6.07) is 5.79. The van der Waals surface area contributed by atoms with Gasteiger partial charge < -0.3 is 10.0 Å². The Morgan fingerprint density at radius 1 is 1.07 bits per heavy atom. The molecule has 1 saturated heterocycles. The molecule has 0 unspecified atom stereocenters. The number of fused-ring (bicyclic) bond motifs is 1. The van der Waals surface area contributed by atoms with E-state index < -0.39 is 0 Å². The monoisotopic (exact) mass is 380 g/mol. The highest BCUT2D eigenvalue weighted by Gasteiger charge is 2.18. The molecule has 1 aliphatic heterocycles. The fraction of sp³-hybridized carbons (Fsp3) is 0.400. The molecule has 4 rings (SSSR count). The van der Waals surface area contributed by atoms with Crippen LogP contribution >= 0.6 is 0 Å². The first-order valence-electron chi connectivity index (χ1n) is 9.49. The highest BCUT2D eigenvalue weighted by molar-refractivity contribution is 5.81. The number of aromatic nitrogens is 4. The molecule has 28 heavy (non-hydrogen) atoms. The van der Waals surface area contributed by atoms with Gasteiger partial charge in [-0.15, -0.1) is 0 Å². The number of hydrogen-bond acceptors (Lipinski definition) is 7. The average molecular weight is 380 g/mol. The van der Waals surface area contributed by atoms with E-state index in [0.717, 1.165) is 49.8 Å². The summed E-state index contributed by atoms with van der Waals surface area (Å²) in [5.41, 5.74) is 3.58. The fourth-order valence-electron chi connectivity index (χ4n) is 3.50. The van der Waals surface area contributed by atoms with Crippen molar-refractivity contribution in [2.24, 2.45) is 0 Å². The van der Waals surface area contributed by atoms with E-state index in [2.05, 4.69) is 24.8 Å². The van der Waals surface area contributed by atoms with Gasteiger partial charge in [0.15, 0.2) is 0 Å². The van der Waals surface area contributed by atoms with Crippen LogP contribution in [-0.4, -0.2) is 62.3 Å². The van der Waals surface area contributed by atoms with E-state index >= 15 is 0 Å². The molecule has 8 heteroatoms. The third kappa shape index (κ3) is 3.88. The molecule has 2 aromatic heterocycles. The van der Waals surface area contributed by atoms with Crippen LogP contribution in [0.5, 0.6) is 0 Å². The number of benzene rings is 1. The normalized spacial score (nSPS) is 15.3. The number of nitrogens with zero attached hydrogens (tertiary/aromatic N) is 6. The van der Waals surface area contributed by atoms with Crippen LogP contribution < -0.4 is 10.5 Å². The molecule has 1 aliphatic rings. The Kier molecular flexibility index (Phi) is 5.31. The summed E-state index contributed by atoms with van der Waals surface area (Å²) in [7, 11) is 0. The molecule has 1 fully saturated rings. The molecule has 0 amide bonds. The van der Waals surface area contributed by atoms with Gasteiger partial charge in [0.2, 0.25) is 0 Å². The second-order valence-corrected chi connectivity index (χ2v) is 7.08. The molecule has 8 nitrogen and oxygen atoms in total. The minimum Gasteiger partial charge on any atom is -0.395 e. The number of aliphatic hydroxyl groups excluding tert-OH is 1. The zero-order chi connectivity index (χ0) is 19.5. The molecular weight excluding hydrogens is 356 g/mol. The SMILES string of the molecule is Cc1cnc(CN2CCN(c3ccc4c(=O)n(CCO)cnc4c3)CC2)cn1. The van der Waals surface area contributed by atoms with Gasteiger partial charge in [-0.05, 0) is 25.1 Å². The Labute approximate surface area is 163 Å². The van der Waals surface area contributed by atoms with Crippen molar-refractivity contribution in [1.82, 2.24) is 24.4 Å². The van der Waals surface area contributed by atoms with E-state index in [1.165, 1.54) is 10.9 Å². The number of hydrogen-bond donors (Lipinski definition) is 1. The molecule has 0 aliphatic carbocycles. The van der Waals surface area contributed by atoms with E-state index in [9.17, 15) is 4.79 Å². The van der Waals surface area contributed by atoms with Crippen LogP contribution in [0.3, 0.4) is 0 Å². The smallest absolute Gasteiger partial charge is 0.261 e. The van der Waals surface area contributed by atoms with Crippen molar-refractivity contribution in [3.8, 4) is 0 Å². The summed E-state index contributed by atoms with van der Waals surface area (Å²) in [6.45, 7) is 6.64. The molecule has 1 aromatic carbocycles. The van der Waals surface area contributed by atoms with Crippen molar-refractivity contribution < 1.29 is 5.11 Å². The summed E-state index contributed by atoms with van der Waals surface area (Å²) < 4.78 is 1.44. The molecule has 0 saturated carbocycles. The van der Waals surface area contributed by atoms with Crippen LogP contribution in [0.25, 0.3) is 10.9 Å². The number of aryl methyl sites for hydroxylation is 1. The van der Waals surface area contributed by atoms with Crippen LogP contribution in [-0.2, 0) is 13.1 Å². The third-order valence-corrected chi connectivity index (χ3v) is 5.11. The van der Waals surface area contributed by atoms with Crippen molar-refractivity contribution >= 4 is 16.6 Å². The van der Waals surface area contributed by atoms with Gasteiger partial charge in [0.25, 0.3) is 5.56 Å². The van der Waals surface area contributed by atoms with Crippen molar-refractivity contribution in [2.75, 3.05) is 37.7 Å². The third-order valence-electron chi connectivity index (χ3n) is 5.11. The van der Waals surface area contributed by atoms with Crippen LogP contribution in [0.4, 0.5) is 5.69 Å². The number of anilines is 1. The summed E-state index contributed by atoms with van der Waals surface area (Å²) in [5.74, 6) is 0. The molecule has 1 N–H and O–H groups in total. The van der Waals surface area contributed by atoms with Crippen LogP contribution in [0.15, 0.2) is 41.7 Å². The zero-order valence-electron chi connectivity index (χ0n) is 16.0. The molecule has 0 radical (unpaired) electrons. The van der Waals surface area contributed by atoms with Gasteiger partial charge in [0.05, 0.1) is 41.8 Å². The van der Waals surface area contributed by atoms with E-state index in [4.69, 9.17) is 5.11 Å². The molecule has 3 heterocycles. The zero-order valence-corrected chi connectivity index (χ0v) is 16.0. The van der Waals surface area contributed by atoms with Crippen molar-refractivity contribution in [3.05, 3.63) is 58.7 Å². The summed E-state index contributed by atoms with van der Waals surface area (Å²) in [6.07, 6.45) is 5.16. The quantitative estimate of drug-likeness (QED) is 0.701. The minimum atomic E-state index is -0.116. The van der Waals surface area contributed by atoms with Gasteiger partial charge in [0, 0.05) is 50.8 Å². The highest BCUT2D eigenvalue weighted by atomic mass is 16.3. The Bertz CT molecular complexity index is 1010. The minimum absolute atomic E-state index is 0.0797. The Morgan fingerprint density at radius 2 is 1.89 bits per heavy atom. The molecule has 0 atom stereocenters. The van der Waals surface area contributed by atoms with Gasteiger partial charge >= 0.3 is 0 Å². The second-order valence-electron chi connectivity index (χ2n) is 7.08. The molecule has 3 aromatic rings. The van der Waals surface area contributed by atoms with Gasteiger partial charge in [-0.2, -0.15) is 0 Å². The molecule has 146 valence electrons. The summed E-state index contributed by atoms with van der Waals surface area (Å²) in [4.78, 5) is 30.3. The summed E-state index contributed by atoms with van der Waals surface area (Å²) >= 11 is 0. The van der Waals surface area contributed by atoms with Crippen molar-refractivity contribution in [3.63, 3.8) is 0 Å². The van der Waals surface area contributed by atoms with Gasteiger partial charge in [-0.3, -0.25) is 24.2 Å². The second kappa shape index (κ2) is 8.04. The van der Waals surface area contributed by atoms with Crippen LogP contribution in [0.2, 0.25) is 0 Å². The first-order chi connectivity index (χ1) is 13.6. The van der Waals surface area contributed by atoms with Gasteiger partial charge in [-0.25, -0.2) is 4.98 Å². The summed E-state index contributed by atoms with van der Waals surface area (Å²) in [5, 5.41) is 9.63. The lowest BCUT2D eigenvalue weighted by molar-refractivity contribution is 0.247. The Balaban J connectivity index is 1.44. The van der Waals surface area contributed by atoms with E-state index in [0.29, 0.717) is 10.9 Å². The first kappa shape index (κ1) is 18.5. The highest BCUT2D eigenvalue weighted by Crippen LogP contribution is 2.21. The lowest BCUT2D eigenvalue weighted by atomic mass is 10.2. The van der Waals surface area contributed by atoms with Crippen LogP contribution in [0, 0.1) is 6.92 Å². The lowest BCUT2D eigenvalue weighted by Crippen LogP contribution is -2.46. The average Bonchev–Trinajstić information content (AvgIpc) is 2.72. The van der Waals surface area contributed by atoms with E-state index in [1.807, 2.05) is 37.5 Å². The van der Waals surface area contributed by atoms with Crippen molar-refractivity contribution in [2.45, 2.75) is 20.0 Å². The standard InChI is InChI=1S/C20H24N6O2/c1-15-11-22-16(12-21-15)13-24-4-6-25(7-5-24)17-2-3-18-19(10-17)23-14-26(8-9-27)20(18)28/h2-3,10-12,14,27H,4-9,13H2,1H3. The topological polar surface area (TPSA) is 87.4 Å². The maximum atomic E-state index is 12.4. The Morgan fingerprint density at radius 3 is 2.61 bits per heavy atom.